The Kier molecular flexibility index (Phi) is 4.28. The summed E-state index contributed by atoms with van der Waals surface area (Å²) in [5.41, 5.74) is 0.178. The molecule has 0 fully saturated rings. The van der Waals surface area contributed by atoms with Gasteiger partial charge in [0.1, 0.15) is 0 Å². The van der Waals surface area contributed by atoms with Gasteiger partial charge in [0.15, 0.2) is 0 Å². The maximum Gasteiger partial charge on any atom is 0.338 e. The van der Waals surface area contributed by atoms with E-state index >= 15 is 0 Å². The molecule has 0 heterocycles. The Morgan fingerprint density at radius 2 is 2.06 bits per heavy atom. The molecule has 0 atom stereocenters. The zero-order valence-electron chi connectivity index (χ0n) is 8.44. The number of primary sulfonamides is 1. The van der Waals surface area contributed by atoms with Crippen LogP contribution in [0.15, 0.2) is 23.1 Å². The van der Waals surface area contributed by atoms with Gasteiger partial charge in [0.25, 0.3) is 0 Å². The Morgan fingerprint density at radius 1 is 1.44 bits per heavy atom. The fraction of sp³-hybridized carbons (Fsp3) is 0.222. The quantitative estimate of drug-likeness (QED) is 0.650. The van der Waals surface area contributed by atoms with Crippen LogP contribution in [-0.4, -0.2) is 21.0 Å². The first-order chi connectivity index (χ1) is 7.34. The molecule has 0 aromatic heterocycles. The summed E-state index contributed by atoms with van der Waals surface area (Å²) in [7, 11) is -3.81. The molecule has 1 aromatic rings. The minimum absolute atomic E-state index is 0.0950. The molecule has 0 radical (unpaired) electrons. The number of carbonyl (C=O) groups excluding carboxylic acids is 1. The van der Waals surface area contributed by atoms with Crippen LogP contribution in [0.1, 0.15) is 17.3 Å². The summed E-state index contributed by atoms with van der Waals surface area (Å²) >= 11 is 1.91. The molecule has 0 aliphatic heterocycles. The lowest BCUT2D eigenvalue weighted by atomic mass is 10.2. The number of ether oxygens (including phenoxy) is 1. The minimum Gasteiger partial charge on any atom is -0.462 e. The molecule has 16 heavy (non-hydrogen) atoms. The van der Waals surface area contributed by atoms with Gasteiger partial charge in [-0.2, -0.15) is 0 Å². The molecule has 7 heteroatoms. The molecule has 0 unspecified atom stereocenters. The van der Waals surface area contributed by atoms with Crippen LogP contribution in [0.4, 0.5) is 0 Å². The summed E-state index contributed by atoms with van der Waals surface area (Å²) in [4.78, 5) is 11.3. The average Bonchev–Trinajstić information content (AvgIpc) is 2.16. The molecule has 88 valence electrons. The second-order valence-electron chi connectivity index (χ2n) is 2.94. The van der Waals surface area contributed by atoms with Gasteiger partial charge in [-0.15, -0.1) is 0 Å². The molecule has 1 aromatic carbocycles. The smallest absolute Gasteiger partial charge is 0.338 e. The third-order valence-corrected chi connectivity index (χ3v) is 3.23. The summed E-state index contributed by atoms with van der Waals surface area (Å²) in [5.74, 6) is -0.564. The maximum absolute atomic E-state index is 11.4. The van der Waals surface area contributed by atoms with E-state index in [1.54, 1.807) is 6.92 Å². The Bertz CT molecular complexity index is 512. The van der Waals surface area contributed by atoms with Gasteiger partial charge >= 0.3 is 5.97 Å². The monoisotopic (exact) mass is 355 g/mol. The van der Waals surface area contributed by atoms with Crippen molar-refractivity contribution in [3.05, 3.63) is 27.3 Å². The highest BCUT2D eigenvalue weighted by molar-refractivity contribution is 14.1. The molecule has 0 amide bonds. The molecule has 0 saturated heterocycles. The Hall–Kier alpha value is -0.670. The first-order valence-electron chi connectivity index (χ1n) is 4.35. The molecule has 0 saturated carbocycles. The normalized spacial score (nSPS) is 11.2. The van der Waals surface area contributed by atoms with E-state index < -0.39 is 16.0 Å². The molecular weight excluding hydrogens is 345 g/mol. The van der Waals surface area contributed by atoms with Crippen molar-refractivity contribution >= 4 is 38.6 Å². The van der Waals surface area contributed by atoms with Crippen LogP contribution in [0.5, 0.6) is 0 Å². The summed E-state index contributed by atoms with van der Waals surface area (Å²) in [5, 5.41) is 4.99. The van der Waals surface area contributed by atoms with E-state index in [0.29, 0.717) is 3.57 Å². The van der Waals surface area contributed by atoms with E-state index in [1.165, 1.54) is 18.2 Å². The first kappa shape index (κ1) is 13.4. The first-order valence-corrected chi connectivity index (χ1v) is 6.97. The standard InChI is InChI=1S/C9H10INO4S/c1-2-15-9(12)6-3-7(10)5-8(4-6)16(11,13)14/h3-5H,2H2,1H3,(H2,11,13,14). The lowest BCUT2D eigenvalue weighted by Gasteiger charge is -2.05. The fourth-order valence-corrected chi connectivity index (χ4v) is 2.52. The molecule has 1 rings (SSSR count). The van der Waals surface area contributed by atoms with Crippen LogP contribution in [0.3, 0.4) is 0 Å². The van der Waals surface area contributed by atoms with Crippen molar-refractivity contribution in [3.8, 4) is 0 Å². The maximum atomic E-state index is 11.4. The van der Waals surface area contributed by atoms with Crippen molar-refractivity contribution in [2.45, 2.75) is 11.8 Å². The lowest BCUT2D eigenvalue weighted by Crippen LogP contribution is -2.14. The lowest BCUT2D eigenvalue weighted by molar-refractivity contribution is 0.0526. The van der Waals surface area contributed by atoms with Crippen molar-refractivity contribution in [2.75, 3.05) is 6.61 Å². The second-order valence-corrected chi connectivity index (χ2v) is 5.75. The molecule has 0 spiro atoms. The van der Waals surface area contributed by atoms with Crippen molar-refractivity contribution < 1.29 is 17.9 Å². The summed E-state index contributed by atoms with van der Waals surface area (Å²) in [6.07, 6.45) is 0. The number of benzene rings is 1. The number of nitrogens with two attached hydrogens (primary N) is 1. The van der Waals surface area contributed by atoms with Gasteiger partial charge in [-0.3, -0.25) is 0 Å². The summed E-state index contributed by atoms with van der Waals surface area (Å²) < 4.78 is 27.7. The van der Waals surface area contributed by atoms with Gasteiger partial charge in [-0.1, -0.05) is 0 Å². The topological polar surface area (TPSA) is 86.5 Å². The van der Waals surface area contributed by atoms with Crippen LogP contribution < -0.4 is 5.14 Å². The molecule has 2 N–H and O–H groups in total. The van der Waals surface area contributed by atoms with E-state index in [9.17, 15) is 13.2 Å². The van der Waals surface area contributed by atoms with Gasteiger partial charge < -0.3 is 4.74 Å². The van der Waals surface area contributed by atoms with E-state index in [2.05, 4.69) is 0 Å². The molecule has 0 aliphatic rings. The predicted molar refractivity (Wildman–Crippen MR) is 66.5 cm³/mol. The number of hydrogen-bond acceptors (Lipinski definition) is 4. The van der Waals surface area contributed by atoms with Gasteiger partial charge in [0.05, 0.1) is 17.1 Å². The summed E-state index contributed by atoms with van der Waals surface area (Å²) in [6, 6.07) is 4.13. The largest absolute Gasteiger partial charge is 0.462 e. The van der Waals surface area contributed by atoms with Crippen LogP contribution in [0.25, 0.3) is 0 Å². The van der Waals surface area contributed by atoms with Crippen molar-refractivity contribution in [2.24, 2.45) is 5.14 Å². The second kappa shape index (κ2) is 5.11. The Balaban J connectivity index is 3.24. The van der Waals surface area contributed by atoms with Crippen molar-refractivity contribution in [3.63, 3.8) is 0 Å². The Labute approximate surface area is 107 Å². The van der Waals surface area contributed by atoms with Crippen LogP contribution in [-0.2, 0) is 14.8 Å². The van der Waals surface area contributed by atoms with Gasteiger partial charge in [-0.05, 0) is 47.7 Å². The van der Waals surface area contributed by atoms with E-state index in [1.807, 2.05) is 22.6 Å². The molecule has 5 nitrogen and oxygen atoms in total. The highest BCUT2D eigenvalue weighted by atomic mass is 127. The van der Waals surface area contributed by atoms with Gasteiger partial charge in [0.2, 0.25) is 10.0 Å². The number of rotatable bonds is 3. The zero-order chi connectivity index (χ0) is 12.3. The number of sulfonamides is 1. The van der Waals surface area contributed by atoms with Gasteiger partial charge in [0, 0.05) is 3.57 Å². The third kappa shape index (κ3) is 3.42. The zero-order valence-corrected chi connectivity index (χ0v) is 11.4. The van der Waals surface area contributed by atoms with Crippen LogP contribution in [0, 0.1) is 3.57 Å². The van der Waals surface area contributed by atoms with Gasteiger partial charge in [-0.25, -0.2) is 18.4 Å². The third-order valence-electron chi connectivity index (χ3n) is 1.71. The summed E-state index contributed by atoms with van der Waals surface area (Å²) in [6.45, 7) is 1.90. The fourth-order valence-electron chi connectivity index (χ4n) is 1.06. The van der Waals surface area contributed by atoms with E-state index in [4.69, 9.17) is 9.88 Å². The van der Waals surface area contributed by atoms with E-state index in [-0.39, 0.29) is 17.1 Å². The van der Waals surface area contributed by atoms with Crippen LogP contribution >= 0.6 is 22.6 Å². The number of hydrogen-bond donors (Lipinski definition) is 1. The van der Waals surface area contributed by atoms with E-state index in [0.717, 1.165) is 0 Å². The van der Waals surface area contributed by atoms with Crippen molar-refractivity contribution in [1.29, 1.82) is 0 Å². The highest BCUT2D eigenvalue weighted by Gasteiger charge is 2.14. The Morgan fingerprint density at radius 3 is 2.56 bits per heavy atom. The minimum atomic E-state index is -3.81. The molecular formula is C9H10INO4S. The average molecular weight is 355 g/mol. The highest BCUT2D eigenvalue weighted by Crippen LogP contribution is 2.16. The predicted octanol–water partition coefficient (Wildman–Crippen LogP) is 1.12. The SMILES string of the molecule is CCOC(=O)c1cc(I)cc(S(N)(=O)=O)c1. The van der Waals surface area contributed by atoms with Crippen molar-refractivity contribution in [1.82, 2.24) is 0 Å². The number of halogens is 1. The molecule has 0 aliphatic carbocycles. The van der Waals surface area contributed by atoms with Crippen LogP contribution in [0.2, 0.25) is 0 Å². The molecule has 0 bridgehead atoms. The number of carbonyl (C=O) groups is 1. The number of esters is 1.